The molecule has 11 aromatic rings. The number of para-hydroxylation sites is 3. The van der Waals surface area contributed by atoms with Crippen LogP contribution >= 0.6 is 0 Å². The van der Waals surface area contributed by atoms with Crippen LogP contribution in [0, 0.1) is 0 Å². The molecule has 0 saturated heterocycles. The maximum absolute atomic E-state index is 2.41. The Morgan fingerprint density at radius 3 is 1.63 bits per heavy atom. The van der Waals surface area contributed by atoms with Crippen molar-refractivity contribution in [3.8, 4) is 39.1 Å². The van der Waals surface area contributed by atoms with E-state index in [1.165, 1.54) is 80.2 Å². The van der Waals surface area contributed by atoms with Gasteiger partial charge in [0.15, 0.2) is 0 Å². The van der Waals surface area contributed by atoms with Crippen molar-refractivity contribution < 1.29 is 0 Å². The van der Waals surface area contributed by atoms with Gasteiger partial charge in [0.25, 0.3) is 0 Å². The molecule has 0 bridgehead atoms. The van der Waals surface area contributed by atoms with Crippen molar-refractivity contribution in [1.82, 2.24) is 4.57 Å². The Morgan fingerprint density at radius 1 is 0.333 bits per heavy atom. The standard InChI is InChI=1S/C54H36N2Se/c1-3-13-39(14-4-1)45-17-7-10-20-50(45)55(44-31-25-38(26-32-44)41-27-33-48-47-19-9-12-22-53(47)57-54(48)36-41)43-29-23-37(24-30-43)40-28-34-52-49(35-40)46-18-8-11-21-51(46)56(52)42-15-5-2-6-16-42/h1-36H. The Kier molecular flexibility index (Phi) is 8.21. The molecule has 0 aliphatic heterocycles. The molecule has 0 radical (unpaired) electrons. The van der Waals surface area contributed by atoms with E-state index in [0.29, 0.717) is 14.5 Å². The van der Waals surface area contributed by atoms with Gasteiger partial charge in [-0.05, 0) is 35.9 Å². The third-order valence-electron chi connectivity index (χ3n) is 11.2. The van der Waals surface area contributed by atoms with Gasteiger partial charge in [0.2, 0.25) is 0 Å². The fraction of sp³-hybridized carbons (Fsp3) is 0. The van der Waals surface area contributed by atoms with Crippen LogP contribution in [0.25, 0.3) is 80.2 Å². The zero-order valence-corrected chi connectivity index (χ0v) is 32.8. The third-order valence-corrected chi connectivity index (χ3v) is 13.6. The minimum absolute atomic E-state index is 0.332. The molecule has 11 rings (SSSR count). The van der Waals surface area contributed by atoms with E-state index in [-0.39, 0.29) is 0 Å². The minimum atomic E-state index is 0.332. The molecule has 0 aliphatic carbocycles. The van der Waals surface area contributed by atoms with Gasteiger partial charge in [-0.1, -0.05) is 60.7 Å². The molecule has 9 aromatic carbocycles. The van der Waals surface area contributed by atoms with Crippen LogP contribution < -0.4 is 4.90 Å². The van der Waals surface area contributed by atoms with Crippen LogP contribution in [0.2, 0.25) is 0 Å². The quantitative estimate of drug-likeness (QED) is 0.146. The van der Waals surface area contributed by atoms with Gasteiger partial charge < -0.3 is 4.57 Å². The van der Waals surface area contributed by atoms with Crippen LogP contribution in [-0.4, -0.2) is 19.1 Å². The predicted octanol–water partition coefficient (Wildman–Crippen LogP) is 14.6. The second kappa shape index (κ2) is 14.0. The summed E-state index contributed by atoms with van der Waals surface area (Å²) in [5, 5.41) is 5.29. The van der Waals surface area contributed by atoms with Crippen molar-refractivity contribution in [3.63, 3.8) is 0 Å². The van der Waals surface area contributed by atoms with Gasteiger partial charge in [-0.3, -0.25) is 0 Å². The molecule has 57 heavy (non-hydrogen) atoms. The Bertz CT molecular complexity index is 3210. The van der Waals surface area contributed by atoms with Crippen molar-refractivity contribution >= 4 is 72.7 Å². The fourth-order valence-corrected chi connectivity index (χ4v) is 10.9. The van der Waals surface area contributed by atoms with E-state index in [2.05, 4.69) is 228 Å². The third kappa shape index (κ3) is 5.88. The molecule has 0 amide bonds. The normalized spacial score (nSPS) is 11.5. The van der Waals surface area contributed by atoms with E-state index < -0.39 is 0 Å². The fourth-order valence-electron chi connectivity index (χ4n) is 8.48. The van der Waals surface area contributed by atoms with E-state index >= 15 is 0 Å². The first-order chi connectivity index (χ1) is 28.3. The number of fused-ring (bicyclic) bond motifs is 6. The van der Waals surface area contributed by atoms with E-state index in [0.717, 1.165) is 17.1 Å². The Morgan fingerprint density at radius 2 is 0.877 bits per heavy atom. The van der Waals surface area contributed by atoms with Crippen LogP contribution in [0.1, 0.15) is 0 Å². The van der Waals surface area contributed by atoms with Crippen LogP contribution in [0.15, 0.2) is 218 Å². The molecular formula is C54H36N2Se. The second-order valence-electron chi connectivity index (χ2n) is 14.5. The molecule has 0 aliphatic rings. The number of nitrogens with zero attached hydrogens (tertiary/aromatic N) is 2. The molecule has 2 heterocycles. The molecule has 0 spiro atoms. The summed E-state index contributed by atoms with van der Waals surface area (Å²) in [6, 6.07) is 79.7. The van der Waals surface area contributed by atoms with Crippen molar-refractivity contribution in [2.45, 2.75) is 0 Å². The summed E-state index contributed by atoms with van der Waals surface area (Å²) in [5.41, 5.74) is 14.2. The zero-order chi connectivity index (χ0) is 37.7. The monoisotopic (exact) mass is 792 g/mol. The summed E-state index contributed by atoms with van der Waals surface area (Å²) in [5.74, 6) is 0. The molecule has 0 N–H and O–H groups in total. The summed E-state index contributed by atoms with van der Waals surface area (Å²) >= 11 is 0.332. The SMILES string of the molecule is c1ccc(-c2ccccc2N(c2ccc(-c3ccc4c(c3)[se]c3ccccc34)cc2)c2ccc(-c3ccc4c(c3)c3ccccc3n4-c3ccccc3)cc2)cc1. The molecule has 268 valence electrons. The molecule has 2 aromatic heterocycles. The topological polar surface area (TPSA) is 8.17 Å². The van der Waals surface area contributed by atoms with Gasteiger partial charge in [0, 0.05) is 16.5 Å². The average Bonchev–Trinajstić information content (AvgIpc) is 3.83. The molecule has 0 saturated carbocycles. The summed E-state index contributed by atoms with van der Waals surface area (Å²) in [7, 11) is 0. The van der Waals surface area contributed by atoms with Crippen LogP contribution in [-0.2, 0) is 0 Å². The summed E-state index contributed by atoms with van der Waals surface area (Å²) < 4.78 is 5.31. The number of anilines is 3. The Balaban J connectivity index is 0.995. The first-order valence-electron chi connectivity index (χ1n) is 19.4. The molecule has 3 heteroatoms. The van der Waals surface area contributed by atoms with Crippen LogP contribution in [0.4, 0.5) is 17.1 Å². The van der Waals surface area contributed by atoms with Gasteiger partial charge in [-0.2, -0.15) is 0 Å². The van der Waals surface area contributed by atoms with Gasteiger partial charge in [-0.25, -0.2) is 0 Å². The van der Waals surface area contributed by atoms with Gasteiger partial charge >= 0.3 is 211 Å². The summed E-state index contributed by atoms with van der Waals surface area (Å²) in [4.78, 5) is 2.40. The van der Waals surface area contributed by atoms with Crippen molar-refractivity contribution in [2.75, 3.05) is 4.90 Å². The Hall–Kier alpha value is -6.90. The smallest absolute Gasteiger partial charge is 0.0616 e. The first kappa shape index (κ1) is 33.4. The summed E-state index contributed by atoms with van der Waals surface area (Å²) in [6.07, 6.45) is 0. The van der Waals surface area contributed by atoms with E-state index in [1.54, 1.807) is 0 Å². The van der Waals surface area contributed by atoms with E-state index in [1.807, 2.05) is 0 Å². The number of benzene rings is 9. The van der Waals surface area contributed by atoms with Gasteiger partial charge in [-0.15, -0.1) is 0 Å². The van der Waals surface area contributed by atoms with Crippen molar-refractivity contribution in [3.05, 3.63) is 218 Å². The molecule has 0 atom stereocenters. The first-order valence-corrected chi connectivity index (χ1v) is 21.1. The summed E-state index contributed by atoms with van der Waals surface area (Å²) in [6.45, 7) is 0. The van der Waals surface area contributed by atoms with Crippen molar-refractivity contribution in [1.29, 1.82) is 0 Å². The Labute approximate surface area is 337 Å². The minimum Gasteiger partial charge on any atom is -0.0616 e. The van der Waals surface area contributed by atoms with Crippen molar-refractivity contribution in [2.24, 2.45) is 0 Å². The number of aromatic nitrogens is 1. The molecule has 0 fully saturated rings. The zero-order valence-electron chi connectivity index (χ0n) is 31.1. The average molecular weight is 792 g/mol. The molecular weight excluding hydrogens is 756 g/mol. The molecule has 2 nitrogen and oxygen atoms in total. The second-order valence-corrected chi connectivity index (χ2v) is 16.8. The predicted molar refractivity (Wildman–Crippen MR) is 244 cm³/mol. The van der Waals surface area contributed by atoms with Gasteiger partial charge in [0.1, 0.15) is 0 Å². The van der Waals surface area contributed by atoms with E-state index in [4.69, 9.17) is 0 Å². The number of rotatable bonds is 7. The maximum atomic E-state index is 2.41. The van der Waals surface area contributed by atoms with Crippen LogP contribution in [0.5, 0.6) is 0 Å². The van der Waals surface area contributed by atoms with E-state index in [9.17, 15) is 0 Å². The van der Waals surface area contributed by atoms with Gasteiger partial charge in [0.05, 0.1) is 11.0 Å². The number of hydrogen-bond acceptors (Lipinski definition) is 1. The van der Waals surface area contributed by atoms with Crippen LogP contribution in [0.3, 0.4) is 0 Å². The number of hydrogen-bond donors (Lipinski definition) is 0. The molecule has 0 unspecified atom stereocenters.